The smallest absolute Gasteiger partial charge is 0.340 e. The molecule has 1 saturated heterocycles. The Labute approximate surface area is 248 Å². The van der Waals surface area contributed by atoms with E-state index in [2.05, 4.69) is 33.6 Å². The standard InChI is InChI=1S/C32H44N4O6/c1-5-7-9-11-28(37)23(3)41-31(39)25-13-14-30(34-21-25)36-17-15-35(16-18-36)27-19-26(20-33-22-27)32(40)42-24(4)29(38)12-10-8-6-2/h13-14,19-24H,5-12,15-18H2,1-4H3/t23-,24-/m0/s1. The summed E-state index contributed by atoms with van der Waals surface area (Å²) in [7, 11) is 0. The largest absolute Gasteiger partial charge is 0.451 e. The van der Waals surface area contributed by atoms with Gasteiger partial charge in [-0.2, -0.15) is 0 Å². The zero-order valence-electron chi connectivity index (χ0n) is 25.3. The first-order valence-electron chi connectivity index (χ1n) is 15.1. The topological polar surface area (TPSA) is 119 Å². The number of pyridine rings is 2. The third kappa shape index (κ3) is 9.63. The lowest BCUT2D eigenvalue weighted by Crippen LogP contribution is -2.47. The lowest BCUT2D eigenvalue weighted by atomic mass is 10.1. The maximum absolute atomic E-state index is 12.7. The van der Waals surface area contributed by atoms with Crippen LogP contribution in [0.3, 0.4) is 0 Å². The third-order valence-corrected chi connectivity index (χ3v) is 7.44. The van der Waals surface area contributed by atoms with Gasteiger partial charge in [0.2, 0.25) is 0 Å². The van der Waals surface area contributed by atoms with Crippen LogP contribution in [0, 0.1) is 0 Å². The molecule has 0 aliphatic carbocycles. The first-order chi connectivity index (χ1) is 20.2. The molecule has 2 aromatic rings. The van der Waals surface area contributed by atoms with Crippen LogP contribution in [0.15, 0.2) is 36.8 Å². The van der Waals surface area contributed by atoms with Crippen molar-refractivity contribution in [3.05, 3.63) is 47.9 Å². The molecule has 0 spiro atoms. The molecule has 0 amide bonds. The van der Waals surface area contributed by atoms with Crippen molar-refractivity contribution in [1.29, 1.82) is 0 Å². The Bertz CT molecular complexity index is 1190. The van der Waals surface area contributed by atoms with Crippen molar-refractivity contribution in [2.45, 2.75) is 91.3 Å². The van der Waals surface area contributed by atoms with Gasteiger partial charge in [0, 0.05) is 51.4 Å². The summed E-state index contributed by atoms with van der Waals surface area (Å²) in [6, 6.07) is 5.19. The predicted octanol–water partition coefficient (Wildman–Crippen LogP) is 5.19. The number of hydrogen-bond donors (Lipinski definition) is 0. The van der Waals surface area contributed by atoms with Gasteiger partial charge in [0.15, 0.2) is 23.8 Å². The molecule has 2 atom stereocenters. The number of esters is 2. The Balaban J connectivity index is 1.50. The molecule has 0 bridgehead atoms. The number of Topliss-reactive ketones (excluding diaryl/α,β-unsaturated/α-hetero) is 2. The van der Waals surface area contributed by atoms with Crippen LogP contribution in [0.25, 0.3) is 0 Å². The molecular formula is C32H44N4O6. The summed E-state index contributed by atoms with van der Waals surface area (Å²) in [4.78, 5) is 62.6. The van der Waals surface area contributed by atoms with Crippen molar-refractivity contribution in [1.82, 2.24) is 9.97 Å². The van der Waals surface area contributed by atoms with E-state index in [9.17, 15) is 19.2 Å². The first-order valence-corrected chi connectivity index (χ1v) is 15.1. The number of piperazine rings is 1. The van der Waals surface area contributed by atoms with Crippen LogP contribution in [0.5, 0.6) is 0 Å². The van der Waals surface area contributed by atoms with E-state index in [1.807, 2.05) is 0 Å². The maximum Gasteiger partial charge on any atom is 0.340 e. The molecule has 2 aromatic heterocycles. The van der Waals surface area contributed by atoms with E-state index < -0.39 is 24.1 Å². The Hall–Kier alpha value is -3.82. The second-order valence-electron chi connectivity index (χ2n) is 10.8. The zero-order chi connectivity index (χ0) is 30.5. The summed E-state index contributed by atoms with van der Waals surface area (Å²) >= 11 is 0. The number of anilines is 2. The molecule has 42 heavy (non-hydrogen) atoms. The molecule has 1 aliphatic rings. The number of unbranched alkanes of at least 4 members (excludes halogenated alkanes) is 4. The van der Waals surface area contributed by atoms with E-state index in [0.29, 0.717) is 50.1 Å². The Morgan fingerprint density at radius 1 is 0.738 bits per heavy atom. The summed E-state index contributed by atoms with van der Waals surface area (Å²) in [5.41, 5.74) is 1.41. The van der Waals surface area contributed by atoms with Crippen LogP contribution in [0.1, 0.15) is 99.8 Å². The highest BCUT2D eigenvalue weighted by molar-refractivity contribution is 5.93. The average molecular weight is 581 g/mol. The van der Waals surface area contributed by atoms with Crippen molar-refractivity contribution < 1.29 is 28.7 Å². The number of ketones is 2. The van der Waals surface area contributed by atoms with Crippen molar-refractivity contribution >= 4 is 35.0 Å². The number of nitrogens with zero attached hydrogens (tertiary/aromatic N) is 4. The zero-order valence-corrected chi connectivity index (χ0v) is 25.3. The molecule has 0 aromatic carbocycles. The van der Waals surface area contributed by atoms with E-state index in [-0.39, 0.29) is 11.6 Å². The van der Waals surface area contributed by atoms with Crippen molar-refractivity contribution in [2.24, 2.45) is 0 Å². The van der Waals surface area contributed by atoms with Gasteiger partial charge < -0.3 is 19.3 Å². The molecule has 228 valence electrons. The fourth-order valence-electron chi connectivity index (χ4n) is 4.69. The Kier molecular flexibility index (Phi) is 12.9. The number of carbonyl (C=O) groups excluding carboxylic acids is 4. The fourth-order valence-corrected chi connectivity index (χ4v) is 4.69. The number of rotatable bonds is 16. The van der Waals surface area contributed by atoms with Crippen LogP contribution < -0.4 is 9.80 Å². The molecule has 3 rings (SSSR count). The highest BCUT2D eigenvalue weighted by Gasteiger charge is 2.23. The summed E-state index contributed by atoms with van der Waals surface area (Å²) in [5.74, 6) is -0.519. The molecule has 10 heteroatoms. The molecule has 0 unspecified atom stereocenters. The van der Waals surface area contributed by atoms with Gasteiger partial charge in [-0.1, -0.05) is 39.5 Å². The van der Waals surface area contributed by atoms with E-state index in [1.165, 1.54) is 12.4 Å². The Morgan fingerprint density at radius 3 is 1.81 bits per heavy atom. The Morgan fingerprint density at radius 2 is 1.29 bits per heavy atom. The molecule has 1 aliphatic heterocycles. The monoisotopic (exact) mass is 580 g/mol. The minimum Gasteiger partial charge on any atom is -0.451 e. The quantitative estimate of drug-likeness (QED) is 0.194. The van der Waals surface area contributed by atoms with Crippen molar-refractivity contribution in [3.63, 3.8) is 0 Å². The molecule has 0 N–H and O–H groups in total. The average Bonchev–Trinajstić information content (AvgIpc) is 3.01. The van der Waals surface area contributed by atoms with Gasteiger partial charge in [-0.3, -0.25) is 14.6 Å². The summed E-state index contributed by atoms with van der Waals surface area (Å²) in [6.07, 6.45) is 9.50. The minimum atomic E-state index is -0.788. The van der Waals surface area contributed by atoms with E-state index in [1.54, 1.807) is 38.2 Å². The van der Waals surface area contributed by atoms with Gasteiger partial charge >= 0.3 is 11.9 Å². The van der Waals surface area contributed by atoms with Crippen LogP contribution >= 0.6 is 0 Å². The van der Waals surface area contributed by atoms with Crippen LogP contribution in [-0.4, -0.2) is 71.9 Å². The molecule has 3 heterocycles. The lowest BCUT2D eigenvalue weighted by Gasteiger charge is -2.36. The van der Waals surface area contributed by atoms with Gasteiger partial charge in [-0.05, 0) is 44.9 Å². The van der Waals surface area contributed by atoms with Crippen LogP contribution in [-0.2, 0) is 19.1 Å². The molecule has 1 fully saturated rings. The highest BCUT2D eigenvalue weighted by Crippen LogP contribution is 2.21. The van der Waals surface area contributed by atoms with Crippen LogP contribution in [0.2, 0.25) is 0 Å². The molecular weight excluding hydrogens is 536 g/mol. The molecule has 0 saturated carbocycles. The second-order valence-corrected chi connectivity index (χ2v) is 10.8. The van der Waals surface area contributed by atoms with E-state index >= 15 is 0 Å². The number of carbonyl (C=O) groups is 4. The molecule has 10 nitrogen and oxygen atoms in total. The lowest BCUT2D eigenvalue weighted by molar-refractivity contribution is -0.127. The highest BCUT2D eigenvalue weighted by atomic mass is 16.5. The van der Waals surface area contributed by atoms with Gasteiger partial charge in [0.25, 0.3) is 0 Å². The third-order valence-electron chi connectivity index (χ3n) is 7.44. The summed E-state index contributed by atoms with van der Waals surface area (Å²) in [5, 5.41) is 0. The van der Waals surface area contributed by atoms with Crippen LogP contribution in [0.4, 0.5) is 11.5 Å². The first kappa shape index (κ1) is 32.7. The van der Waals surface area contributed by atoms with Gasteiger partial charge in [0.05, 0.1) is 23.0 Å². The maximum atomic E-state index is 12.7. The number of aromatic nitrogens is 2. The minimum absolute atomic E-state index is 0.0701. The van der Waals surface area contributed by atoms with Gasteiger partial charge in [-0.25, -0.2) is 14.6 Å². The number of hydrogen-bond acceptors (Lipinski definition) is 10. The fraction of sp³-hybridized carbons (Fsp3) is 0.562. The van der Waals surface area contributed by atoms with Gasteiger partial charge in [-0.15, -0.1) is 0 Å². The predicted molar refractivity (Wildman–Crippen MR) is 161 cm³/mol. The van der Waals surface area contributed by atoms with E-state index in [0.717, 1.165) is 50.0 Å². The van der Waals surface area contributed by atoms with Crippen molar-refractivity contribution in [2.75, 3.05) is 36.0 Å². The van der Waals surface area contributed by atoms with Crippen molar-refractivity contribution in [3.8, 4) is 0 Å². The SMILES string of the molecule is CCCCCC(=O)[C@H](C)OC(=O)c1ccc(N2CCN(c3cncc(C(=O)O[C@@H](C)C(=O)CCCCC)c3)CC2)nc1. The molecule has 0 radical (unpaired) electrons. The summed E-state index contributed by atoms with van der Waals surface area (Å²) < 4.78 is 10.8. The van der Waals surface area contributed by atoms with E-state index in [4.69, 9.17) is 9.47 Å². The second kappa shape index (κ2) is 16.6. The summed E-state index contributed by atoms with van der Waals surface area (Å²) in [6.45, 7) is 10.1. The normalized spacial score (nSPS) is 14.7. The number of ether oxygens (including phenoxy) is 2. The van der Waals surface area contributed by atoms with Gasteiger partial charge in [0.1, 0.15) is 5.82 Å².